The number of hydrogen-bond donors (Lipinski definition) is 2. The van der Waals surface area contributed by atoms with Gasteiger partial charge in [0.05, 0.1) is 0 Å². The largest absolute Gasteiger partial charge is 0.491 e. The molecule has 0 bridgehead atoms. The van der Waals surface area contributed by atoms with Gasteiger partial charge in [0.2, 0.25) is 0 Å². The van der Waals surface area contributed by atoms with Crippen LogP contribution < -0.4 is 10.1 Å². The monoisotopic (exact) mass is 267 g/mol. The van der Waals surface area contributed by atoms with E-state index < -0.39 is 6.10 Å². The summed E-state index contributed by atoms with van der Waals surface area (Å²) in [4.78, 5) is 0. The Morgan fingerprint density at radius 2 is 1.89 bits per heavy atom. The molecule has 1 aromatic rings. The fraction of sp³-hybridized carbons (Fsp3) is 0.600. The molecule has 2 N–H and O–H groups in total. The van der Waals surface area contributed by atoms with Gasteiger partial charge in [-0.05, 0) is 50.1 Å². The third kappa shape index (κ3) is 7.15. The summed E-state index contributed by atoms with van der Waals surface area (Å²) in [5.74, 6) is 0.816. The summed E-state index contributed by atoms with van der Waals surface area (Å²) < 4.78 is 10.5. The maximum absolute atomic E-state index is 9.79. The molecule has 1 unspecified atom stereocenters. The Bertz CT molecular complexity index is 348. The van der Waals surface area contributed by atoms with Gasteiger partial charge in [0.1, 0.15) is 18.5 Å². The van der Waals surface area contributed by atoms with Crippen LogP contribution in [0.1, 0.15) is 17.5 Å². The van der Waals surface area contributed by atoms with Crippen molar-refractivity contribution in [2.75, 3.05) is 33.4 Å². The van der Waals surface area contributed by atoms with E-state index in [1.807, 2.05) is 26.0 Å². The molecule has 19 heavy (non-hydrogen) atoms. The maximum Gasteiger partial charge on any atom is 0.119 e. The average Bonchev–Trinajstić information content (AvgIpc) is 2.35. The van der Waals surface area contributed by atoms with E-state index in [9.17, 15) is 5.11 Å². The number of aryl methyl sites for hydroxylation is 2. The molecule has 108 valence electrons. The molecule has 0 amide bonds. The molecule has 0 saturated heterocycles. The van der Waals surface area contributed by atoms with Crippen molar-refractivity contribution < 1.29 is 14.6 Å². The zero-order valence-electron chi connectivity index (χ0n) is 12.1. The van der Waals surface area contributed by atoms with Crippen LogP contribution in [0.15, 0.2) is 18.2 Å². The molecule has 0 aliphatic rings. The van der Waals surface area contributed by atoms with Crippen molar-refractivity contribution >= 4 is 0 Å². The van der Waals surface area contributed by atoms with Gasteiger partial charge in [-0.3, -0.25) is 0 Å². The Kier molecular flexibility index (Phi) is 7.48. The van der Waals surface area contributed by atoms with Crippen molar-refractivity contribution in [1.82, 2.24) is 5.32 Å². The van der Waals surface area contributed by atoms with Gasteiger partial charge in [0.15, 0.2) is 0 Å². The lowest BCUT2D eigenvalue weighted by Crippen LogP contribution is -2.32. The second-order valence-electron chi connectivity index (χ2n) is 4.84. The first-order chi connectivity index (χ1) is 9.11. The van der Waals surface area contributed by atoms with Crippen LogP contribution in [0, 0.1) is 13.8 Å². The van der Waals surface area contributed by atoms with Gasteiger partial charge in [-0.2, -0.15) is 0 Å². The predicted molar refractivity (Wildman–Crippen MR) is 76.8 cm³/mol. The summed E-state index contributed by atoms with van der Waals surface area (Å²) in [6.07, 6.45) is 0.449. The SMILES string of the molecule is COCCCNCC(O)COc1cc(C)cc(C)c1. The van der Waals surface area contributed by atoms with Crippen LogP contribution in [-0.2, 0) is 4.74 Å². The minimum absolute atomic E-state index is 0.306. The summed E-state index contributed by atoms with van der Waals surface area (Å²) in [6.45, 7) is 6.49. The van der Waals surface area contributed by atoms with E-state index in [-0.39, 0.29) is 0 Å². The second kappa shape index (κ2) is 8.91. The Hall–Kier alpha value is -1.10. The number of aliphatic hydroxyl groups is 1. The molecular formula is C15H25NO3. The molecule has 0 aliphatic heterocycles. The lowest BCUT2D eigenvalue weighted by Gasteiger charge is -2.14. The van der Waals surface area contributed by atoms with Crippen molar-refractivity contribution in [1.29, 1.82) is 0 Å². The fourth-order valence-corrected chi connectivity index (χ4v) is 1.88. The van der Waals surface area contributed by atoms with E-state index in [1.165, 1.54) is 11.1 Å². The van der Waals surface area contributed by atoms with Crippen LogP contribution in [0.2, 0.25) is 0 Å². The summed E-state index contributed by atoms with van der Waals surface area (Å²) in [7, 11) is 1.69. The van der Waals surface area contributed by atoms with E-state index in [1.54, 1.807) is 7.11 Å². The minimum atomic E-state index is -0.497. The molecule has 0 saturated carbocycles. The standard InChI is InChI=1S/C15H25NO3/c1-12-7-13(2)9-15(8-12)19-11-14(17)10-16-5-4-6-18-3/h7-9,14,16-17H,4-6,10-11H2,1-3H3. The van der Waals surface area contributed by atoms with Crippen LogP contribution in [0.25, 0.3) is 0 Å². The lowest BCUT2D eigenvalue weighted by molar-refractivity contribution is 0.105. The zero-order chi connectivity index (χ0) is 14.1. The summed E-state index contributed by atoms with van der Waals surface area (Å²) >= 11 is 0. The lowest BCUT2D eigenvalue weighted by atomic mass is 10.1. The molecule has 4 nitrogen and oxygen atoms in total. The third-order valence-electron chi connectivity index (χ3n) is 2.72. The highest BCUT2D eigenvalue weighted by Crippen LogP contribution is 2.16. The molecule has 0 fully saturated rings. The van der Waals surface area contributed by atoms with Gasteiger partial charge in [-0.25, -0.2) is 0 Å². The molecular weight excluding hydrogens is 242 g/mol. The molecule has 0 spiro atoms. The highest BCUT2D eigenvalue weighted by atomic mass is 16.5. The third-order valence-corrected chi connectivity index (χ3v) is 2.72. The van der Waals surface area contributed by atoms with Gasteiger partial charge in [0, 0.05) is 20.3 Å². The summed E-state index contributed by atoms with van der Waals surface area (Å²) in [5, 5.41) is 13.0. The van der Waals surface area contributed by atoms with E-state index in [4.69, 9.17) is 9.47 Å². The highest BCUT2D eigenvalue weighted by Gasteiger charge is 2.05. The summed E-state index contributed by atoms with van der Waals surface area (Å²) in [5.41, 5.74) is 2.34. The average molecular weight is 267 g/mol. The first-order valence-corrected chi connectivity index (χ1v) is 6.70. The van der Waals surface area contributed by atoms with Crippen molar-refractivity contribution in [3.8, 4) is 5.75 Å². The van der Waals surface area contributed by atoms with Gasteiger partial charge in [0.25, 0.3) is 0 Å². The molecule has 0 aliphatic carbocycles. The van der Waals surface area contributed by atoms with Crippen LogP contribution in [0.5, 0.6) is 5.75 Å². The fourth-order valence-electron chi connectivity index (χ4n) is 1.88. The number of rotatable bonds is 9. The molecule has 1 aromatic carbocycles. The van der Waals surface area contributed by atoms with E-state index >= 15 is 0 Å². The van der Waals surface area contributed by atoms with Crippen molar-refractivity contribution in [2.24, 2.45) is 0 Å². The quantitative estimate of drug-likeness (QED) is 0.668. The first kappa shape index (κ1) is 16.0. The normalized spacial score (nSPS) is 12.4. The maximum atomic E-state index is 9.79. The number of ether oxygens (including phenoxy) is 2. The Balaban J connectivity index is 2.20. The molecule has 0 heterocycles. The van der Waals surface area contributed by atoms with E-state index in [0.717, 1.165) is 25.3 Å². The molecule has 1 atom stereocenters. The smallest absolute Gasteiger partial charge is 0.119 e. The Morgan fingerprint density at radius 1 is 1.21 bits per heavy atom. The highest BCUT2D eigenvalue weighted by molar-refractivity contribution is 5.32. The van der Waals surface area contributed by atoms with Gasteiger partial charge < -0.3 is 19.9 Å². The van der Waals surface area contributed by atoms with Crippen LogP contribution in [-0.4, -0.2) is 44.6 Å². The number of nitrogens with one attached hydrogen (secondary N) is 1. The summed E-state index contributed by atoms with van der Waals surface area (Å²) in [6, 6.07) is 6.05. The molecule has 0 aromatic heterocycles. The number of aliphatic hydroxyl groups excluding tert-OH is 1. The van der Waals surface area contributed by atoms with Gasteiger partial charge in [-0.1, -0.05) is 6.07 Å². The van der Waals surface area contributed by atoms with Gasteiger partial charge >= 0.3 is 0 Å². The number of methoxy groups -OCH3 is 1. The van der Waals surface area contributed by atoms with Crippen molar-refractivity contribution in [3.63, 3.8) is 0 Å². The van der Waals surface area contributed by atoms with E-state index in [2.05, 4.69) is 11.4 Å². The van der Waals surface area contributed by atoms with E-state index in [0.29, 0.717) is 13.2 Å². The zero-order valence-corrected chi connectivity index (χ0v) is 12.1. The molecule has 4 heteroatoms. The topological polar surface area (TPSA) is 50.7 Å². The number of hydrogen-bond acceptors (Lipinski definition) is 4. The van der Waals surface area contributed by atoms with Crippen molar-refractivity contribution in [2.45, 2.75) is 26.4 Å². The van der Waals surface area contributed by atoms with Crippen LogP contribution >= 0.6 is 0 Å². The predicted octanol–water partition coefficient (Wildman–Crippen LogP) is 1.67. The Labute approximate surface area is 115 Å². The Morgan fingerprint density at radius 3 is 2.53 bits per heavy atom. The number of benzene rings is 1. The second-order valence-corrected chi connectivity index (χ2v) is 4.84. The van der Waals surface area contributed by atoms with Crippen molar-refractivity contribution in [3.05, 3.63) is 29.3 Å². The van der Waals surface area contributed by atoms with Crippen LogP contribution in [0.4, 0.5) is 0 Å². The minimum Gasteiger partial charge on any atom is -0.491 e. The van der Waals surface area contributed by atoms with Crippen LogP contribution in [0.3, 0.4) is 0 Å². The molecule has 1 rings (SSSR count). The van der Waals surface area contributed by atoms with Gasteiger partial charge in [-0.15, -0.1) is 0 Å². The first-order valence-electron chi connectivity index (χ1n) is 6.70. The molecule has 0 radical (unpaired) electrons.